The van der Waals surface area contributed by atoms with Crippen molar-refractivity contribution in [2.45, 2.75) is 20.3 Å². The van der Waals surface area contributed by atoms with E-state index in [4.69, 9.17) is 19.9 Å². The molecule has 0 atom stereocenters. The fourth-order valence-corrected chi connectivity index (χ4v) is 2.34. The number of hydrogen-bond donors (Lipinski definition) is 1. The summed E-state index contributed by atoms with van der Waals surface area (Å²) in [5.41, 5.74) is 9.11. The molecule has 2 N–H and O–H groups in total. The molecule has 0 bridgehead atoms. The summed E-state index contributed by atoms with van der Waals surface area (Å²) >= 11 is 0. The lowest BCUT2D eigenvalue weighted by atomic mass is 10.1. The van der Waals surface area contributed by atoms with Gasteiger partial charge in [-0.3, -0.25) is 0 Å². The van der Waals surface area contributed by atoms with E-state index in [-0.39, 0.29) is 0 Å². The Bertz CT molecular complexity index is 641. The molecular formula is C19H25NO3. The molecule has 2 aromatic rings. The van der Waals surface area contributed by atoms with E-state index in [1.54, 1.807) is 7.11 Å². The van der Waals surface area contributed by atoms with Crippen LogP contribution in [-0.4, -0.2) is 26.9 Å². The van der Waals surface area contributed by atoms with E-state index in [1.165, 1.54) is 5.56 Å². The predicted octanol–water partition coefficient (Wildman–Crippen LogP) is 3.27. The summed E-state index contributed by atoms with van der Waals surface area (Å²) in [5.74, 6) is 2.35. The topological polar surface area (TPSA) is 53.7 Å². The van der Waals surface area contributed by atoms with Crippen molar-refractivity contribution in [1.29, 1.82) is 0 Å². The van der Waals surface area contributed by atoms with Gasteiger partial charge in [0.2, 0.25) is 0 Å². The van der Waals surface area contributed by atoms with Gasteiger partial charge in [0.1, 0.15) is 19.0 Å². The highest BCUT2D eigenvalue weighted by molar-refractivity contribution is 5.43. The van der Waals surface area contributed by atoms with Gasteiger partial charge in [0.05, 0.1) is 7.11 Å². The van der Waals surface area contributed by atoms with E-state index in [0.717, 1.165) is 34.8 Å². The number of nitrogens with two attached hydrogens (primary N) is 1. The minimum Gasteiger partial charge on any atom is -0.493 e. The van der Waals surface area contributed by atoms with Gasteiger partial charge in [0.25, 0.3) is 0 Å². The Morgan fingerprint density at radius 3 is 2.35 bits per heavy atom. The monoisotopic (exact) mass is 315 g/mol. The van der Waals surface area contributed by atoms with Crippen molar-refractivity contribution in [2.24, 2.45) is 5.73 Å². The minimum atomic E-state index is 0.458. The average Bonchev–Trinajstić information content (AvgIpc) is 2.56. The van der Waals surface area contributed by atoms with E-state index >= 15 is 0 Å². The molecule has 0 spiro atoms. The van der Waals surface area contributed by atoms with Crippen molar-refractivity contribution >= 4 is 0 Å². The van der Waals surface area contributed by atoms with Gasteiger partial charge in [0.15, 0.2) is 11.5 Å². The molecule has 23 heavy (non-hydrogen) atoms. The number of ether oxygens (including phenoxy) is 3. The van der Waals surface area contributed by atoms with Crippen LogP contribution in [0.5, 0.6) is 17.2 Å². The van der Waals surface area contributed by atoms with Crippen molar-refractivity contribution in [1.82, 2.24) is 0 Å². The maximum Gasteiger partial charge on any atom is 0.161 e. The largest absolute Gasteiger partial charge is 0.493 e. The van der Waals surface area contributed by atoms with Gasteiger partial charge in [0, 0.05) is 0 Å². The molecule has 124 valence electrons. The van der Waals surface area contributed by atoms with E-state index < -0.39 is 0 Å². The summed E-state index contributed by atoms with van der Waals surface area (Å²) in [4.78, 5) is 0. The van der Waals surface area contributed by atoms with E-state index in [9.17, 15) is 0 Å². The smallest absolute Gasteiger partial charge is 0.161 e. The zero-order valence-corrected chi connectivity index (χ0v) is 14.1. The maximum absolute atomic E-state index is 5.79. The molecule has 0 aliphatic rings. The van der Waals surface area contributed by atoms with E-state index in [0.29, 0.717) is 19.8 Å². The summed E-state index contributed by atoms with van der Waals surface area (Å²) in [5, 5.41) is 0. The average molecular weight is 315 g/mol. The molecule has 0 radical (unpaired) electrons. The second kappa shape index (κ2) is 8.44. The first-order chi connectivity index (χ1) is 11.2. The molecule has 0 heterocycles. The summed E-state index contributed by atoms with van der Waals surface area (Å²) in [7, 11) is 1.64. The van der Waals surface area contributed by atoms with Crippen molar-refractivity contribution < 1.29 is 14.2 Å². The molecule has 0 aliphatic heterocycles. The Labute approximate surface area is 138 Å². The minimum absolute atomic E-state index is 0.458. The molecule has 2 aromatic carbocycles. The third-order valence-electron chi connectivity index (χ3n) is 3.81. The summed E-state index contributed by atoms with van der Waals surface area (Å²) in [6.07, 6.45) is 0.826. The Hall–Kier alpha value is -2.20. The first kappa shape index (κ1) is 17.2. The molecule has 0 aromatic heterocycles. The van der Waals surface area contributed by atoms with Gasteiger partial charge in [-0.25, -0.2) is 0 Å². The summed E-state index contributed by atoms with van der Waals surface area (Å²) < 4.78 is 16.9. The molecule has 0 amide bonds. The number of methoxy groups -OCH3 is 1. The normalized spacial score (nSPS) is 10.4. The van der Waals surface area contributed by atoms with Crippen LogP contribution in [0.2, 0.25) is 0 Å². The number of aryl methyl sites for hydroxylation is 1. The number of hydrogen-bond acceptors (Lipinski definition) is 4. The predicted molar refractivity (Wildman–Crippen MR) is 92.7 cm³/mol. The molecule has 0 saturated carbocycles. The quantitative estimate of drug-likeness (QED) is 0.760. The molecule has 0 saturated heterocycles. The highest BCUT2D eigenvalue weighted by Gasteiger charge is 2.06. The second-order valence-electron chi connectivity index (χ2n) is 5.42. The van der Waals surface area contributed by atoms with Crippen LogP contribution in [0.25, 0.3) is 0 Å². The van der Waals surface area contributed by atoms with Gasteiger partial charge < -0.3 is 19.9 Å². The van der Waals surface area contributed by atoms with E-state index in [1.807, 2.05) is 30.3 Å². The standard InChI is InChI=1S/C19H25NO3/c1-14-5-4-6-17(15(14)2)22-11-12-23-18-8-7-16(9-10-20)13-19(18)21-3/h4-8,13H,9-12,20H2,1-3H3. The molecule has 2 rings (SSSR count). The SMILES string of the molecule is COc1cc(CCN)ccc1OCCOc1cccc(C)c1C. The van der Waals surface area contributed by atoms with Gasteiger partial charge in [-0.2, -0.15) is 0 Å². The first-order valence-corrected chi connectivity index (χ1v) is 7.84. The van der Waals surface area contributed by atoms with Crippen LogP contribution >= 0.6 is 0 Å². The lowest BCUT2D eigenvalue weighted by molar-refractivity contribution is 0.210. The molecule has 0 unspecified atom stereocenters. The van der Waals surface area contributed by atoms with Crippen molar-refractivity contribution in [3.8, 4) is 17.2 Å². The second-order valence-corrected chi connectivity index (χ2v) is 5.42. The van der Waals surface area contributed by atoms with Crippen LogP contribution in [0.3, 0.4) is 0 Å². The Balaban J connectivity index is 1.90. The van der Waals surface area contributed by atoms with Gasteiger partial charge in [-0.05, 0) is 61.7 Å². The van der Waals surface area contributed by atoms with E-state index in [2.05, 4.69) is 19.9 Å². The lowest BCUT2D eigenvalue weighted by Crippen LogP contribution is -2.10. The molecular weight excluding hydrogens is 290 g/mol. The molecule has 0 fully saturated rings. The molecule has 4 nitrogen and oxygen atoms in total. The Kier molecular flexibility index (Phi) is 6.29. The number of benzene rings is 2. The zero-order chi connectivity index (χ0) is 16.7. The van der Waals surface area contributed by atoms with Crippen LogP contribution in [0.15, 0.2) is 36.4 Å². The Morgan fingerprint density at radius 2 is 1.65 bits per heavy atom. The molecule has 4 heteroatoms. The van der Waals surface area contributed by atoms with Gasteiger partial charge >= 0.3 is 0 Å². The van der Waals surface area contributed by atoms with Crippen molar-refractivity contribution in [2.75, 3.05) is 26.9 Å². The Morgan fingerprint density at radius 1 is 0.913 bits per heavy atom. The van der Waals surface area contributed by atoms with Crippen LogP contribution in [0, 0.1) is 13.8 Å². The van der Waals surface area contributed by atoms with Crippen LogP contribution in [0.4, 0.5) is 0 Å². The van der Waals surface area contributed by atoms with Crippen LogP contribution < -0.4 is 19.9 Å². The van der Waals surface area contributed by atoms with Crippen molar-refractivity contribution in [3.05, 3.63) is 53.1 Å². The first-order valence-electron chi connectivity index (χ1n) is 7.84. The highest BCUT2D eigenvalue weighted by Crippen LogP contribution is 2.28. The van der Waals surface area contributed by atoms with Gasteiger partial charge in [-0.15, -0.1) is 0 Å². The van der Waals surface area contributed by atoms with Gasteiger partial charge in [-0.1, -0.05) is 18.2 Å². The third-order valence-corrected chi connectivity index (χ3v) is 3.81. The maximum atomic E-state index is 5.79. The number of rotatable bonds is 8. The fourth-order valence-electron chi connectivity index (χ4n) is 2.34. The third kappa shape index (κ3) is 4.63. The zero-order valence-electron chi connectivity index (χ0n) is 14.1. The summed E-state index contributed by atoms with van der Waals surface area (Å²) in [6.45, 7) is 5.70. The highest BCUT2D eigenvalue weighted by atomic mass is 16.5. The molecule has 0 aliphatic carbocycles. The van der Waals surface area contributed by atoms with Crippen molar-refractivity contribution in [3.63, 3.8) is 0 Å². The van der Waals surface area contributed by atoms with Crippen LogP contribution in [0.1, 0.15) is 16.7 Å². The van der Waals surface area contributed by atoms with Crippen LogP contribution in [-0.2, 0) is 6.42 Å². The summed E-state index contributed by atoms with van der Waals surface area (Å²) in [6, 6.07) is 11.9. The fraction of sp³-hybridized carbons (Fsp3) is 0.368. The lowest BCUT2D eigenvalue weighted by Gasteiger charge is -2.14.